The van der Waals surface area contributed by atoms with Crippen LogP contribution in [0.15, 0.2) is 36.4 Å². The first-order valence-corrected chi connectivity index (χ1v) is 13.0. The summed E-state index contributed by atoms with van der Waals surface area (Å²) in [4.78, 5) is 21.7. The summed E-state index contributed by atoms with van der Waals surface area (Å²) in [5, 5.41) is 1.78. The number of H-pyrrole nitrogens is 1. The number of carbonyl (C=O) groups excluding carboxylic acids is 1. The van der Waals surface area contributed by atoms with Crippen molar-refractivity contribution in [3.63, 3.8) is 0 Å². The summed E-state index contributed by atoms with van der Waals surface area (Å²) in [6.45, 7) is 0. The number of para-hydroxylation sites is 1. The summed E-state index contributed by atoms with van der Waals surface area (Å²) >= 11 is 6.08. The summed E-state index contributed by atoms with van der Waals surface area (Å²) in [7, 11) is 4.84. The Morgan fingerprint density at radius 3 is 2.33 bits per heavy atom. The van der Waals surface area contributed by atoms with Crippen molar-refractivity contribution >= 4 is 34.1 Å². The Labute approximate surface area is 216 Å². The highest BCUT2D eigenvalue weighted by Gasteiger charge is 2.52. The fourth-order valence-electron chi connectivity index (χ4n) is 6.38. The molecule has 1 aromatic heterocycles. The van der Waals surface area contributed by atoms with Crippen molar-refractivity contribution in [2.24, 2.45) is 0 Å². The van der Waals surface area contributed by atoms with E-state index in [1.54, 1.807) is 21.3 Å². The zero-order valence-corrected chi connectivity index (χ0v) is 21.7. The Morgan fingerprint density at radius 2 is 1.67 bits per heavy atom. The number of aromatic nitrogens is 1. The van der Waals surface area contributed by atoms with Gasteiger partial charge in [0.25, 0.3) is 5.91 Å². The van der Waals surface area contributed by atoms with Gasteiger partial charge in [0.05, 0.1) is 27.4 Å². The van der Waals surface area contributed by atoms with Crippen LogP contribution in [-0.2, 0) is 11.2 Å². The van der Waals surface area contributed by atoms with Crippen molar-refractivity contribution in [1.82, 2.24) is 14.8 Å². The van der Waals surface area contributed by atoms with Gasteiger partial charge in [0, 0.05) is 29.1 Å². The summed E-state index contributed by atoms with van der Waals surface area (Å²) in [6.07, 6.45) is 6.15. The molecule has 0 radical (unpaired) electrons. The molecule has 2 aromatic carbocycles. The summed E-state index contributed by atoms with van der Waals surface area (Å²) in [5.74, 6) is 1.82. The minimum Gasteiger partial charge on any atom is -0.493 e. The standard InChI is InChI=1S/C28H31N3O4S/c1-33-22-13-16(14-23(34-2)26(22)35-3)25-24-19(18-11-7-8-12-20(18)29-24)15-21-27(32)30(28(36)31(21)25)17-9-5-4-6-10-17/h7-8,11-14,17,21,25,29H,4-6,9-10,15H2,1-3H3/t21-,25+/m0/s1. The van der Waals surface area contributed by atoms with Crippen molar-refractivity contribution in [1.29, 1.82) is 0 Å². The van der Waals surface area contributed by atoms with Gasteiger partial charge in [-0.15, -0.1) is 0 Å². The zero-order chi connectivity index (χ0) is 25.0. The molecule has 0 bridgehead atoms. The maximum Gasteiger partial charge on any atom is 0.252 e. The SMILES string of the molecule is COc1cc([C@@H]2c3[nH]c4ccccc4c3C[C@H]3C(=O)N(C4CCCCC4)C(=S)N23)cc(OC)c1OC. The van der Waals surface area contributed by atoms with Crippen molar-refractivity contribution in [2.45, 2.75) is 56.7 Å². The van der Waals surface area contributed by atoms with E-state index < -0.39 is 0 Å². The van der Waals surface area contributed by atoms with Gasteiger partial charge >= 0.3 is 0 Å². The molecule has 1 aliphatic carbocycles. The normalized spacial score (nSPS) is 22.1. The molecule has 7 nitrogen and oxygen atoms in total. The Hall–Kier alpha value is -3.26. The topological polar surface area (TPSA) is 67.0 Å². The third-order valence-corrected chi connectivity index (χ3v) is 8.43. The molecule has 0 spiro atoms. The van der Waals surface area contributed by atoms with Gasteiger partial charge < -0.3 is 24.1 Å². The first-order chi connectivity index (χ1) is 17.6. The molecule has 2 fully saturated rings. The quantitative estimate of drug-likeness (QED) is 0.494. The van der Waals surface area contributed by atoms with Crippen LogP contribution in [0.4, 0.5) is 0 Å². The molecule has 8 heteroatoms. The van der Waals surface area contributed by atoms with Crippen LogP contribution in [0.1, 0.15) is 55.0 Å². The molecule has 1 saturated carbocycles. The molecular weight excluding hydrogens is 474 g/mol. The van der Waals surface area contributed by atoms with Crippen LogP contribution >= 0.6 is 12.2 Å². The number of rotatable bonds is 5. The molecule has 1 amide bonds. The fraction of sp³-hybridized carbons (Fsp3) is 0.429. The van der Waals surface area contributed by atoms with Crippen LogP contribution in [-0.4, -0.2) is 59.2 Å². The average molecular weight is 506 g/mol. The second kappa shape index (κ2) is 9.00. The molecule has 3 aliphatic rings. The van der Waals surface area contributed by atoms with Gasteiger partial charge in [-0.3, -0.25) is 9.69 Å². The van der Waals surface area contributed by atoms with E-state index in [1.165, 1.54) is 12.0 Å². The van der Waals surface area contributed by atoms with Crippen LogP contribution < -0.4 is 14.2 Å². The van der Waals surface area contributed by atoms with Gasteiger partial charge in [0.15, 0.2) is 16.6 Å². The molecule has 2 atom stereocenters. The van der Waals surface area contributed by atoms with Gasteiger partial charge in [0.2, 0.25) is 5.75 Å². The van der Waals surface area contributed by atoms with E-state index in [1.807, 2.05) is 29.2 Å². The highest BCUT2D eigenvalue weighted by Crippen LogP contribution is 2.48. The second-order valence-corrected chi connectivity index (χ2v) is 10.2. The lowest BCUT2D eigenvalue weighted by Gasteiger charge is -2.38. The predicted molar refractivity (Wildman–Crippen MR) is 142 cm³/mol. The van der Waals surface area contributed by atoms with Crippen LogP contribution in [0.3, 0.4) is 0 Å². The van der Waals surface area contributed by atoms with Crippen molar-refractivity contribution < 1.29 is 19.0 Å². The van der Waals surface area contributed by atoms with Gasteiger partial charge in [-0.1, -0.05) is 37.5 Å². The maximum absolute atomic E-state index is 14.0. The number of benzene rings is 2. The summed E-state index contributed by atoms with van der Waals surface area (Å²) in [6, 6.07) is 11.8. The van der Waals surface area contributed by atoms with Gasteiger partial charge in [-0.25, -0.2) is 0 Å². The Morgan fingerprint density at radius 1 is 0.972 bits per heavy atom. The number of hydrogen-bond donors (Lipinski definition) is 1. The molecule has 6 rings (SSSR count). The van der Waals surface area contributed by atoms with E-state index in [2.05, 4.69) is 22.0 Å². The Kier molecular flexibility index (Phi) is 5.79. The lowest BCUT2D eigenvalue weighted by Crippen LogP contribution is -2.44. The second-order valence-electron chi connectivity index (χ2n) is 9.83. The van der Waals surface area contributed by atoms with E-state index in [4.69, 9.17) is 26.4 Å². The maximum atomic E-state index is 14.0. The summed E-state index contributed by atoms with van der Waals surface area (Å²) < 4.78 is 17.0. The monoisotopic (exact) mass is 505 g/mol. The molecule has 3 heterocycles. The molecule has 0 unspecified atom stereocenters. The van der Waals surface area contributed by atoms with Crippen LogP contribution in [0, 0.1) is 0 Å². The lowest BCUT2D eigenvalue weighted by molar-refractivity contribution is -0.130. The highest BCUT2D eigenvalue weighted by molar-refractivity contribution is 7.80. The van der Waals surface area contributed by atoms with Gasteiger partial charge in [-0.05, 0) is 54.4 Å². The minimum atomic E-state index is -0.338. The number of methoxy groups -OCH3 is 3. The number of aromatic amines is 1. The number of nitrogens with one attached hydrogen (secondary N) is 1. The fourth-order valence-corrected chi connectivity index (χ4v) is 6.85. The van der Waals surface area contributed by atoms with Crippen molar-refractivity contribution in [3.8, 4) is 17.2 Å². The molecule has 2 aliphatic heterocycles. The van der Waals surface area contributed by atoms with E-state index in [-0.39, 0.29) is 24.0 Å². The van der Waals surface area contributed by atoms with Gasteiger partial charge in [-0.2, -0.15) is 0 Å². The Bertz CT molecular complexity index is 1320. The molecule has 1 N–H and O–H groups in total. The van der Waals surface area contributed by atoms with Crippen LogP contribution in [0.5, 0.6) is 17.2 Å². The number of hydrogen-bond acceptors (Lipinski definition) is 5. The van der Waals surface area contributed by atoms with Crippen molar-refractivity contribution in [2.75, 3.05) is 21.3 Å². The highest BCUT2D eigenvalue weighted by atomic mass is 32.1. The number of thiocarbonyl (C=S) groups is 1. The number of carbonyl (C=O) groups is 1. The van der Waals surface area contributed by atoms with Crippen molar-refractivity contribution in [3.05, 3.63) is 53.2 Å². The number of ether oxygens (including phenoxy) is 3. The smallest absolute Gasteiger partial charge is 0.252 e. The predicted octanol–water partition coefficient (Wildman–Crippen LogP) is 4.97. The zero-order valence-electron chi connectivity index (χ0n) is 20.9. The number of amides is 1. The van der Waals surface area contributed by atoms with E-state index in [0.29, 0.717) is 28.8 Å². The average Bonchev–Trinajstić information content (AvgIpc) is 3.41. The molecule has 3 aromatic rings. The molecule has 36 heavy (non-hydrogen) atoms. The molecule has 188 valence electrons. The third kappa shape index (κ3) is 3.38. The third-order valence-electron chi connectivity index (χ3n) is 8.02. The van der Waals surface area contributed by atoms with Crippen LogP contribution in [0.25, 0.3) is 10.9 Å². The number of nitrogens with zero attached hydrogens (tertiary/aromatic N) is 2. The van der Waals surface area contributed by atoms with E-state index >= 15 is 0 Å². The Balaban J connectivity index is 1.54. The largest absolute Gasteiger partial charge is 0.493 e. The van der Waals surface area contributed by atoms with Gasteiger partial charge in [0.1, 0.15) is 6.04 Å². The lowest BCUT2D eigenvalue weighted by atomic mass is 9.88. The van der Waals surface area contributed by atoms with E-state index in [0.717, 1.165) is 47.8 Å². The summed E-state index contributed by atoms with van der Waals surface area (Å²) in [5.41, 5.74) is 4.22. The van der Waals surface area contributed by atoms with Crippen LogP contribution in [0.2, 0.25) is 0 Å². The van der Waals surface area contributed by atoms with E-state index in [9.17, 15) is 4.79 Å². The minimum absolute atomic E-state index is 0.125. The molecule has 1 saturated heterocycles. The first-order valence-electron chi connectivity index (χ1n) is 12.6. The molecular formula is C28H31N3O4S. The first kappa shape index (κ1) is 23.2. The number of fused-ring (bicyclic) bond motifs is 4.